The average molecular weight is 596 g/mol. The van der Waals surface area contributed by atoms with Crippen LogP contribution in [0.1, 0.15) is 96.5 Å². The van der Waals surface area contributed by atoms with Crippen LogP contribution >= 0.6 is 0 Å². The number of aryl methyl sites for hydroxylation is 1. The second-order valence-electron chi connectivity index (χ2n) is 9.77. The summed E-state index contributed by atoms with van der Waals surface area (Å²) in [6, 6.07) is 11.3. The monoisotopic (exact) mass is 595 g/mol. The number of fused-ring (bicyclic) bond motifs is 1. The van der Waals surface area contributed by atoms with E-state index in [2.05, 4.69) is 103 Å². The summed E-state index contributed by atoms with van der Waals surface area (Å²) in [6.45, 7) is 18.7. The summed E-state index contributed by atoms with van der Waals surface area (Å²) in [5, 5.41) is 11.4. The molecule has 1 fully saturated rings. The van der Waals surface area contributed by atoms with Gasteiger partial charge in [0.2, 0.25) is 0 Å². The Morgan fingerprint density at radius 1 is 1.09 bits per heavy atom. The van der Waals surface area contributed by atoms with Gasteiger partial charge in [0.25, 0.3) is 0 Å². The molecule has 0 atom stereocenters. The number of nitriles is 1. The standard InChI is InChI=1S/C32H38N4.2C2H6.C2H2.CH5N/c1-4-6-13-28(10-5-2)32-34-30-15-8-12-26(24-33)23-31(30)36(32)19-9-18-35-20-16-27(17-21-35)29-14-7-11-25(3)22-29;4*1-2/h6-8,10-14,22-23,27H,4-5,9,16-21H2,1-3H3;2*1-2H3;1-2H;2H2,1H3/b13-6-,28-10+;;;;. The normalized spacial score (nSPS) is 14.1. The Morgan fingerprint density at radius 3 is 2.36 bits per heavy atom. The van der Waals surface area contributed by atoms with Crippen molar-refractivity contribution >= 4 is 17.4 Å². The lowest BCUT2D eigenvalue weighted by Gasteiger charge is -2.32. The molecule has 2 N–H and O–H groups in total. The van der Waals surface area contributed by atoms with Gasteiger partial charge >= 0.3 is 0 Å². The van der Waals surface area contributed by atoms with Crippen molar-refractivity contribution in [2.75, 3.05) is 26.7 Å². The topological polar surface area (TPSA) is 70.9 Å². The molecule has 2 aliphatic rings. The number of aromatic nitrogens is 2. The largest absolute Gasteiger partial charge is 0.333 e. The minimum absolute atomic E-state index is 0.636. The minimum atomic E-state index is 0.636. The van der Waals surface area contributed by atoms with Crippen LogP contribution in [-0.4, -0.2) is 41.1 Å². The number of likely N-dealkylation sites (tertiary alicyclic amines) is 1. The van der Waals surface area contributed by atoms with Crippen LogP contribution in [0.4, 0.5) is 0 Å². The van der Waals surface area contributed by atoms with Gasteiger partial charge in [-0.05, 0) is 95.4 Å². The zero-order chi connectivity index (χ0) is 33.3. The van der Waals surface area contributed by atoms with Crippen LogP contribution in [0.5, 0.6) is 0 Å². The zero-order valence-electron chi connectivity index (χ0n) is 28.7. The molecule has 1 aliphatic heterocycles. The van der Waals surface area contributed by atoms with Gasteiger partial charge in [-0.2, -0.15) is 5.26 Å². The number of imidazole rings is 1. The lowest BCUT2D eigenvalue weighted by atomic mass is 9.88. The maximum atomic E-state index is 9.56. The number of rotatable bonds is 9. The van der Waals surface area contributed by atoms with Crippen molar-refractivity contribution in [1.82, 2.24) is 14.5 Å². The van der Waals surface area contributed by atoms with Gasteiger partial charge in [-0.25, -0.2) is 4.98 Å². The fourth-order valence-electron chi connectivity index (χ4n) is 5.21. The summed E-state index contributed by atoms with van der Waals surface area (Å²) in [6.07, 6.45) is 25.6. The fraction of sp³-hybridized carbons (Fsp3) is 0.462. The van der Waals surface area contributed by atoms with E-state index in [0.29, 0.717) is 11.5 Å². The molecule has 2 aromatic rings. The number of allylic oxidation sites excluding steroid dienone is 7. The molecule has 0 amide bonds. The molecule has 5 heteroatoms. The lowest BCUT2D eigenvalue weighted by molar-refractivity contribution is 0.207. The second kappa shape index (κ2) is 24.6. The number of terminal acetylenes is 1. The summed E-state index contributed by atoms with van der Waals surface area (Å²) < 4.78 is 2.30. The Hall–Kier alpha value is -3.86. The van der Waals surface area contributed by atoms with Gasteiger partial charge in [-0.1, -0.05) is 95.3 Å². The number of nitrogens with two attached hydrogens (primary N) is 1. The highest BCUT2D eigenvalue weighted by Gasteiger charge is 2.20. The van der Waals surface area contributed by atoms with Crippen LogP contribution in [0.25, 0.3) is 17.4 Å². The molecule has 0 radical (unpaired) electrons. The summed E-state index contributed by atoms with van der Waals surface area (Å²) in [7, 11) is 1.50. The van der Waals surface area contributed by atoms with Gasteiger partial charge in [-0.15, -0.1) is 12.8 Å². The van der Waals surface area contributed by atoms with Crippen LogP contribution in [0.15, 0.2) is 60.2 Å². The van der Waals surface area contributed by atoms with Gasteiger partial charge in [0.15, 0.2) is 0 Å². The predicted octanol–water partition coefficient (Wildman–Crippen LogP) is 7.28. The number of hydrogen-bond acceptors (Lipinski definition) is 4. The van der Waals surface area contributed by atoms with E-state index < -0.39 is 0 Å². The van der Waals surface area contributed by atoms with Gasteiger partial charge in [-0.3, -0.25) is 0 Å². The van der Waals surface area contributed by atoms with Crippen molar-refractivity contribution < 1.29 is 0 Å². The number of nitrogens with zero attached hydrogens (tertiary/aromatic N) is 4. The molecule has 238 valence electrons. The maximum Gasteiger partial charge on any atom is 0.141 e. The molecule has 0 saturated carbocycles. The van der Waals surface area contributed by atoms with E-state index in [1.54, 1.807) is 0 Å². The Bertz CT molecular complexity index is 1400. The molecule has 5 nitrogen and oxygen atoms in total. The number of piperidine rings is 1. The van der Waals surface area contributed by atoms with Crippen molar-refractivity contribution in [3.63, 3.8) is 0 Å². The Balaban J connectivity index is 0.00000214. The quantitative estimate of drug-likeness (QED) is 0.244. The molecular weight excluding hydrogens is 538 g/mol. The molecule has 1 saturated heterocycles. The van der Waals surface area contributed by atoms with E-state index in [1.807, 2.05) is 45.9 Å². The Labute approximate surface area is 268 Å². The molecule has 4 rings (SSSR count). The van der Waals surface area contributed by atoms with Crippen LogP contribution in [0, 0.1) is 31.1 Å². The van der Waals surface area contributed by atoms with Gasteiger partial charge in [0.05, 0.1) is 17.0 Å². The molecule has 1 aromatic heterocycles. The fourth-order valence-corrected chi connectivity index (χ4v) is 5.21. The third kappa shape index (κ3) is 12.4. The molecule has 2 heterocycles. The summed E-state index contributed by atoms with van der Waals surface area (Å²) in [4.78, 5) is 7.59. The van der Waals surface area contributed by atoms with E-state index in [0.717, 1.165) is 67.5 Å². The van der Waals surface area contributed by atoms with Crippen molar-refractivity contribution in [3.8, 4) is 18.9 Å². The molecule has 0 bridgehead atoms. The third-order valence-corrected chi connectivity index (χ3v) is 7.08. The first kappa shape index (κ1) is 40.1. The molecular formula is C39H57N5. The predicted molar refractivity (Wildman–Crippen MR) is 192 cm³/mol. The highest BCUT2D eigenvalue weighted by molar-refractivity contribution is 5.70. The first-order valence-corrected chi connectivity index (χ1v) is 16.3. The Morgan fingerprint density at radius 2 is 1.77 bits per heavy atom. The maximum absolute atomic E-state index is 9.56. The van der Waals surface area contributed by atoms with Crippen molar-refractivity contribution in [3.05, 3.63) is 87.9 Å². The van der Waals surface area contributed by atoms with Crippen LogP contribution in [0.3, 0.4) is 0 Å². The molecule has 1 aliphatic carbocycles. The second-order valence-corrected chi connectivity index (χ2v) is 9.77. The summed E-state index contributed by atoms with van der Waals surface area (Å²) in [5.74, 6) is 1.65. The molecule has 0 unspecified atom stereocenters. The SMILES string of the molecule is C#C.CC.CC.CC/C=C\C(=C/CC)c1nc2c(n1CCCN1CCC(c3cccc(C)c3)CC1)=CC(C#N)=CC=C=2.CN. The number of benzene rings is 1. The Kier molecular flexibility index (Phi) is 22.4. The first-order valence-electron chi connectivity index (χ1n) is 16.3. The van der Waals surface area contributed by atoms with Crippen LogP contribution < -0.4 is 16.4 Å². The highest BCUT2D eigenvalue weighted by Crippen LogP contribution is 2.28. The van der Waals surface area contributed by atoms with E-state index in [-0.39, 0.29) is 0 Å². The van der Waals surface area contributed by atoms with Crippen molar-refractivity contribution in [2.24, 2.45) is 5.73 Å². The van der Waals surface area contributed by atoms with E-state index in [4.69, 9.17) is 4.98 Å². The highest BCUT2D eigenvalue weighted by atomic mass is 15.1. The van der Waals surface area contributed by atoms with Gasteiger partial charge < -0.3 is 15.2 Å². The average Bonchev–Trinajstić information content (AvgIpc) is 3.28. The lowest BCUT2D eigenvalue weighted by Crippen LogP contribution is -2.35. The van der Waals surface area contributed by atoms with Crippen LogP contribution in [0.2, 0.25) is 0 Å². The van der Waals surface area contributed by atoms with Crippen molar-refractivity contribution in [2.45, 2.75) is 93.0 Å². The molecule has 44 heavy (non-hydrogen) atoms. The smallest absolute Gasteiger partial charge is 0.141 e. The van der Waals surface area contributed by atoms with Gasteiger partial charge in [0, 0.05) is 12.1 Å². The minimum Gasteiger partial charge on any atom is -0.333 e. The van der Waals surface area contributed by atoms with Crippen molar-refractivity contribution in [1.29, 1.82) is 5.26 Å². The zero-order valence-corrected chi connectivity index (χ0v) is 28.7. The molecule has 0 spiro atoms. The van der Waals surface area contributed by atoms with E-state index in [1.165, 1.54) is 31.0 Å². The third-order valence-electron chi connectivity index (χ3n) is 7.08. The van der Waals surface area contributed by atoms with Crippen LogP contribution in [-0.2, 0) is 6.54 Å². The van der Waals surface area contributed by atoms with E-state index in [9.17, 15) is 5.26 Å². The summed E-state index contributed by atoms with van der Waals surface area (Å²) >= 11 is 0. The summed E-state index contributed by atoms with van der Waals surface area (Å²) in [5.41, 5.74) is 12.4. The van der Waals surface area contributed by atoms with Gasteiger partial charge in [0.1, 0.15) is 11.2 Å². The number of hydrogen-bond donors (Lipinski definition) is 1. The first-order chi connectivity index (χ1) is 21.6. The van der Waals surface area contributed by atoms with E-state index >= 15 is 0 Å². The molecule has 1 aromatic carbocycles.